The van der Waals surface area contributed by atoms with E-state index < -0.39 is 6.29 Å². The molecule has 1 aromatic heterocycles. The van der Waals surface area contributed by atoms with Crippen molar-refractivity contribution in [3.8, 4) is 0 Å². The van der Waals surface area contributed by atoms with Gasteiger partial charge in [-0.05, 0) is 79.3 Å². The number of allylic oxidation sites excluding steroid dienone is 1. The molecule has 6 atom stereocenters. The fourth-order valence-electron chi connectivity index (χ4n) is 5.27. The zero-order valence-corrected chi connectivity index (χ0v) is 17.3. The molecular weight excluding hydrogens is 374 g/mol. The van der Waals surface area contributed by atoms with Crippen LogP contribution in [0.3, 0.4) is 0 Å². The van der Waals surface area contributed by atoms with Gasteiger partial charge in [0.15, 0.2) is 5.76 Å². The normalized spacial score (nSPS) is 34.1. The van der Waals surface area contributed by atoms with Gasteiger partial charge < -0.3 is 19.9 Å². The number of thiophene rings is 1. The van der Waals surface area contributed by atoms with Crippen molar-refractivity contribution in [2.75, 3.05) is 13.2 Å². The molecule has 3 unspecified atom stereocenters. The van der Waals surface area contributed by atoms with E-state index in [1.165, 1.54) is 24.8 Å². The Morgan fingerprint density at radius 3 is 2.93 bits per heavy atom. The van der Waals surface area contributed by atoms with E-state index in [0.717, 1.165) is 18.8 Å². The zero-order valence-electron chi connectivity index (χ0n) is 16.5. The Balaban J connectivity index is 1.54. The molecule has 2 heterocycles. The molecule has 28 heavy (non-hydrogen) atoms. The lowest BCUT2D eigenvalue weighted by Gasteiger charge is -2.37. The van der Waals surface area contributed by atoms with Gasteiger partial charge in [-0.15, -0.1) is 0 Å². The summed E-state index contributed by atoms with van der Waals surface area (Å²) in [6.07, 6.45) is 7.90. The third-order valence-corrected chi connectivity index (χ3v) is 7.32. The molecule has 1 aromatic rings. The fraction of sp³-hybridized carbons (Fsp3) is 0.682. The summed E-state index contributed by atoms with van der Waals surface area (Å²) in [5.74, 6) is 1.84. The van der Waals surface area contributed by atoms with Crippen LogP contribution in [0.15, 0.2) is 28.7 Å². The lowest BCUT2D eigenvalue weighted by molar-refractivity contribution is -0.166. The summed E-state index contributed by atoms with van der Waals surface area (Å²) in [6.45, 7) is 2.62. The maximum Gasteiger partial charge on any atom is 0.286 e. The highest BCUT2D eigenvalue weighted by atomic mass is 32.1. The highest BCUT2D eigenvalue weighted by Gasteiger charge is 2.42. The van der Waals surface area contributed by atoms with Crippen molar-refractivity contribution in [2.45, 2.75) is 63.7 Å². The molecule has 5 nitrogen and oxygen atoms in total. The first-order valence-electron chi connectivity index (χ1n) is 10.6. The van der Waals surface area contributed by atoms with Gasteiger partial charge in [-0.2, -0.15) is 11.3 Å². The number of nitrogens with one attached hydrogen (secondary N) is 1. The minimum absolute atomic E-state index is 0.0591. The summed E-state index contributed by atoms with van der Waals surface area (Å²) in [5.41, 5.74) is 1.19. The standard InChI is InChI=1S/C22H31NO4S/c1-2-26-22-17(4-3-8-24)18(16-7-9-28-13-16)12-20(27-22)21(25)23-19-11-14-5-6-15(19)10-14/h7,9,12-15,17-19,22,24H,2-6,8,10-11H2,1H3,(H,23,25)/t14?,15?,17-,18-,19?,22-/m1/s1. The summed E-state index contributed by atoms with van der Waals surface area (Å²) < 4.78 is 12.0. The lowest BCUT2D eigenvalue weighted by atomic mass is 9.81. The molecule has 2 N–H and O–H groups in total. The molecule has 2 bridgehead atoms. The van der Waals surface area contributed by atoms with Crippen LogP contribution in [0.25, 0.3) is 0 Å². The lowest BCUT2D eigenvalue weighted by Crippen LogP contribution is -2.43. The predicted molar refractivity (Wildman–Crippen MR) is 109 cm³/mol. The van der Waals surface area contributed by atoms with Gasteiger partial charge in [-0.3, -0.25) is 4.79 Å². The Kier molecular flexibility index (Phi) is 6.38. The average molecular weight is 406 g/mol. The summed E-state index contributed by atoms with van der Waals surface area (Å²) in [4.78, 5) is 13.0. The largest absolute Gasteiger partial charge is 0.459 e. The zero-order chi connectivity index (χ0) is 19.5. The van der Waals surface area contributed by atoms with Gasteiger partial charge in [-0.25, -0.2) is 0 Å². The molecule has 1 amide bonds. The number of carbonyl (C=O) groups excluding carboxylic acids is 1. The van der Waals surface area contributed by atoms with Crippen molar-refractivity contribution >= 4 is 17.2 Å². The number of fused-ring (bicyclic) bond motifs is 2. The number of aliphatic hydroxyl groups excluding tert-OH is 1. The van der Waals surface area contributed by atoms with Gasteiger partial charge in [0.05, 0.1) is 0 Å². The van der Waals surface area contributed by atoms with Crippen LogP contribution in [0.4, 0.5) is 0 Å². The van der Waals surface area contributed by atoms with Crippen molar-refractivity contribution in [1.29, 1.82) is 0 Å². The molecule has 2 aliphatic carbocycles. The van der Waals surface area contributed by atoms with E-state index in [-0.39, 0.29) is 30.4 Å². The Bertz CT molecular complexity index is 689. The number of carbonyl (C=O) groups is 1. The number of amides is 1. The van der Waals surface area contributed by atoms with E-state index in [2.05, 4.69) is 22.1 Å². The molecule has 0 spiro atoms. The summed E-state index contributed by atoms with van der Waals surface area (Å²) >= 11 is 1.66. The van der Waals surface area contributed by atoms with Gasteiger partial charge in [0.2, 0.25) is 6.29 Å². The number of aliphatic hydroxyl groups is 1. The molecule has 0 radical (unpaired) electrons. The summed E-state index contributed by atoms with van der Waals surface area (Å²) in [7, 11) is 0. The van der Waals surface area contributed by atoms with Crippen molar-refractivity contribution in [3.05, 3.63) is 34.2 Å². The summed E-state index contributed by atoms with van der Waals surface area (Å²) in [6, 6.07) is 2.39. The second kappa shape index (κ2) is 8.97. The third kappa shape index (κ3) is 4.14. The quantitative estimate of drug-likeness (QED) is 0.690. The smallest absolute Gasteiger partial charge is 0.286 e. The monoisotopic (exact) mass is 405 g/mol. The van der Waals surface area contributed by atoms with Crippen molar-refractivity contribution in [2.24, 2.45) is 17.8 Å². The molecule has 4 rings (SSSR count). The first-order chi connectivity index (χ1) is 13.7. The first-order valence-corrected chi connectivity index (χ1v) is 11.6. The predicted octanol–water partition coefficient (Wildman–Crippen LogP) is 3.80. The highest BCUT2D eigenvalue weighted by molar-refractivity contribution is 7.08. The van der Waals surface area contributed by atoms with Crippen molar-refractivity contribution in [3.63, 3.8) is 0 Å². The van der Waals surface area contributed by atoms with Crippen molar-refractivity contribution in [1.82, 2.24) is 5.32 Å². The SMILES string of the molecule is CCO[C@@H]1OC(C(=O)NC2CC3CCC2C3)=C[C@H](c2ccsc2)[C@H]1CCCO. The van der Waals surface area contributed by atoms with Crippen LogP contribution in [-0.4, -0.2) is 36.6 Å². The Morgan fingerprint density at radius 1 is 1.39 bits per heavy atom. The van der Waals surface area contributed by atoms with Crippen LogP contribution < -0.4 is 5.32 Å². The van der Waals surface area contributed by atoms with E-state index >= 15 is 0 Å². The van der Waals surface area contributed by atoms with Gasteiger partial charge in [0.25, 0.3) is 5.91 Å². The molecule has 3 aliphatic rings. The topological polar surface area (TPSA) is 67.8 Å². The van der Waals surface area contributed by atoms with Crippen LogP contribution in [0, 0.1) is 17.8 Å². The molecule has 1 aliphatic heterocycles. The maximum absolute atomic E-state index is 13.0. The molecule has 0 saturated heterocycles. The van der Waals surface area contributed by atoms with Crippen LogP contribution in [-0.2, 0) is 14.3 Å². The first kappa shape index (κ1) is 19.9. The fourth-order valence-corrected chi connectivity index (χ4v) is 5.98. The molecule has 2 fully saturated rings. The minimum Gasteiger partial charge on any atom is -0.459 e. The van der Waals surface area contributed by atoms with Crippen molar-refractivity contribution < 1.29 is 19.4 Å². The van der Waals surface area contributed by atoms with Gasteiger partial charge in [0, 0.05) is 31.1 Å². The molecular formula is C22H31NO4S. The van der Waals surface area contributed by atoms with E-state index in [0.29, 0.717) is 24.7 Å². The number of ether oxygens (including phenoxy) is 2. The van der Waals surface area contributed by atoms with Gasteiger partial charge in [0.1, 0.15) is 0 Å². The van der Waals surface area contributed by atoms with Gasteiger partial charge in [-0.1, -0.05) is 6.42 Å². The molecule has 6 heteroatoms. The summed E-state index contributed by atoms with van der Waals surface area (Å²) in [5, 5.41) is 16.8. The minimum atomic E-state index is -0.466. The van der Waals surface area contributed by atoms with E-state index in [4.69, 9.17) is 9.47 Å². The molecule has 0 aromatic carbocycles. The number of hydrogen-bond donors (Lipinski definition) is 2. The molecule has 154 valence electrons. The maximum atomic E-state index is 13.0. The van der Waals surface area contributed by atoms with Gasteiger partial charge >= 0.3 is 0 Å². The van der Waals surface area contributed by atoms with Crippen LogP contribution in [0.2, 0.25) is 0 Å². The number of rotatable bonds is 8. The Morgan fingerprint density at radius 2 is 2.29 bits per heavy atom. The highest BCUT2D eigenvalue weighted by Crippen LogP contribution is 2.45. The van der Waals surface area contributed by atoms with Crippen LogP contribution in [0.5, 0.6) is 0 Å². The molecule has 2 saturated carbocycles. The van der Waals surface area contributed by atoms with E-state index in [9.17, 15) is 9.90 Å². The second-order valence-electron chi connectivity index (χ2n) is 8.34. The third-order valence-electron chi connectivity index (χ3n) is 6.62. The average Bonchev–Trinajstić information content (AvgIpc) is 3.45. The second-order valence-corrected chi connectivity index (χ2v) is 9.12. The Labute approximate surface area is 171 Å². The van der Waals surface area contributed by atoms with Crippen LogP contribution >= 0.6 is 11.3 Å². The van der Waals surface area contributed by atoms with E-state index in [1.54, 1.807) is 11.3 Å². The number of hydrogen-bond acceptors (Lipinski definition) is 5. The van der Waals surface area contributed by atoms with E-state index in [1.807, 2.05) is 13.0 Å². The van der Waals surface area contributed by atoms with Crippen LogP contribution in [0.1, 0.15) is 56.9 Å². The Hall–Kier alpha value is -1.37.